The molecule has 0 radical (unpaired) electrons. The van der Waals surface area contributed by atoms with E-state index in [0.717, 1.165) is 22.5 Å². The maximum Gasteiger partial charge on any atom is 0.252 e. The molecule has 0 aromatic carbocycles. The molecule has 3 aliphatic carbocycles. The van der Waals surface area contributed by atoms with Crippen molar-refractivity contribution in [1.82, 2.24) is 19.4 Å². The summed E-state index contributed by atoms with van der Waals surface area (Å²) in [6, 6.07) is 4.47. The minimum Gasteiger partial charge on any atom is -0.379 e. The van der Waals surface area contributed by atoms with Gasteiger partial charge in [-0.1, -0.05) is 6.42 Å². The van der Waals surface area contributed by atoms with Crippen LogP contribution in [-0.4, -0.2) is 31.3 Å². The number of fused-ring (bicyclic) bond motifs is 2. The predicted octanol–water partition coefficient (Wildman–Crippen LogP) is 2.97. The second kappa shape index (κ2) is 5.16. The molecule has 144 valence electrons. The normalized spacial score (nSPS) is 27.0. The Balaban J connectivity index is 1.43. The Morgan fingerprint density at radius 3 is 2.86 bits per heavy atom. The van der Waals surface area contributed by atoms with Crippen molar-refractivity contribution < 1.29 is 4.79 Å². The number of aromatic nitrogens is 4. The Morgan fingerprint density at radius 2 is 2.14 bits per heavy atom. The van der Waals surface area contributed by atoms with Crippen LogP contribution < -0.4 is 11.1 Å². The lowest BCUT2D eigenvalue weighted by atomic mass is 9.88. The summed E-state index contributed by atoms with van der Waals surface area (Å²) in [5.41, 5.74) is 10.9. The van der Waals surface area contributed by atoms with Gasteiger partial charge in [-0.2, -0.15) is 10.2 Å². The lowest BCUT2D eigenvalue weighted by Crippen LogP contribution is -2.22. The van der Waals surface area contributed by atoms with Crippen LogP contribution in [0.2, 0.25) is 0 Å². The smallest absolute Gasteiger partial charge is 0.252 e. The van der Waals surface area contributed by atoms with Gasteiger partial charge in [0.25, 0.3) is 5.91 Å². The Hall–Kier alpha value is -2.83. The van der Waals surface area contributed by atoms with Gasteiger partial charge in [0, 0.05) is 31.0 Å². The fraction of sp³-hybridized carbons (Fsp3) is 0.476. The summed E-state index contributed by atoms with van der Waals surface area (Å²) in [6.45, 7) is 0. The Kier molecular flexibility index (Phi) is 2.97. The van der Waals surface area contributed by atoms with E-state index in [1.54, 1.807) is 12.4 Å². The molecule has 0 aliphatic heterocycles. The summed E-state index contributed by atoms with van der Waals surface area (Å²) in [7, 11) is 1.92. The van der Waals surface area contributed by atoms with Crippen LogP contribution in [-0.2, 0) is 7.05 Å². The number of rotatable bonds is 4. The quantitative estimate of drug-likeness (QED) is 0.732. The van der Waals surface area contributed by atoms with Gasteiger partial charge in [-0.25, -0.2) is 4.52 Å². The predicted molar refractivity (Wildman–Crippen MR) is 106 cm³/mol. The van der Waals surface area contributed by atoms with Gasteiger partial charge in [-0.05, 0) is 55.1 Å². The van der Waals surface area contributed by atoms with Gasteiger partial charge in [0.1, 0.15) is 0 Å². The molecule has 3 aromatic rings. The first kappa shape index (κ1) is 16.2. The lowest BCUT2D eigenvalue weighted by molar-refractivity contribution is 0.100. The highest BCUT2D eigenvalue weighted by Gasteiger charge is 2.72. The van der Waals surface area contributed by atoms with E-state index in [4.69, 9.17) is 5.73 Å². The molecule has 7 heteroatoms. The maximum atomic E-state index is 12.1. The molecule has 2 atom stereocenters. The minimum atomic E-state index is -0.442. The number of aryl methyl sites for hydroxylation is 1. The van der Waals surface area contributed by atoms with E-state index < -0.39 is 5.91 Å². The number of primary amides is 1. The van der Waals surface area contributed by atoms with E-state index in [9.17, 15) is 4.79 Å². The highest BCUT2D eigenvalue weighted by Crippen LogP contribution is 2.78. The van der Waals surface area contributed by atoms with Crippen molar-refractivity contribution >= 4 is 17.1 Å². The number of amides is 1. The van der Waals surface area contributed by atoms with E-state index in [2.05, 4.69) is 21.6 Å². The van der Waals surface area contributed by atoms with Crippen LogP contribution in [0.1, 0.15) is 48.9 Å². The van der Waals surface area contributed by atoms with E-state index in [1.165, 1.54) is 38.5 Å². The first-order valence-electron chi connectivity index (χ1n) is 10.1. The first-order valence-corrected chi connectivity index (χ1v) is 10.1. The second-order valence-corrected chi connectivity index (χ2v) is 8.89. The van der Waals surface area contributed by atoms with Crippen LogP contribution >= 0.6 is 0 Å². The average molecular weight is 376 g/mol. The highest BCUT2D eigenvalue weighted by atomic mass is 16.1. The van der Waals surface area contributed by atoms with E-state index in [1.807, 2.05) is 28.5 Å². The molecular weight excluding hydrogens is 352 g/mol. The number of carbonyl (C=O) groups is 1. The SMILES string of the molecule is Cn1nccc1-c1cc2c(N[C@H]3C[C@@]34CCCC43CC3)c(C(N)=O)cnn2c1. The topological polar surface area (TPSA) is 90.2 Å². The van der Waals surface area contributed by atoms with Gasteiger partial charge in [0.05, 0.1) is 28.7 Å². The van der Waals surface area contributed by atoms with Gasteiger partial charge in [0.15, 0.2) is 0 Å². The van der Waals surface area contributed by atoms with Crippen LogP contribution in [0.5, 0.6) is 0 Å². The highest BCUT2D eigenvalue weighted by molar-refractivity contribution is 6.02. The summed E-state index contributed by atoms with van der Waals surface area (Å²) in [5.74, 6) is -0.442. The van der Waals surface area contributed by atoms with Crippen molar-refractivity contribution in [2.45, 2.75) is 44.6 Å². The van der Waals surface area contributed by atoms with Gasteiger partial charge in [-0.3, -0.25) is 9.48 Å². The molecule has 3 N–H and O–H groups in total. The molecule has 0 unspecified atom stereocenters. The van der Waals surface area contributed by atoms with Gasteiger partial charge >= 0.3 is 0 Å². The van der Waals surface area contributed by atoms with Gasteiger partial charge in [-0.15, -0.1) is 0 Å². The van der Waals surface area contributed by atoms with Crippen molar-refractivity contribution in [2.24, 2.45) is 23.6 Å². The molecule has 2 spiro atoms. The standard InChI is InChI=1S/C21H24N6O/c1-26-15(3-8-23-26)13-9-16-18(14(19(22)28)11-24-27(16)12-13)25-17-10-21(17)5-2-4-20(21)6-7-20/h3,8-9,11-12,17,25H,2,4-7,10H2,1H3,(H2,22,28)/t17-,21-/m0/s1. The molecule has 0 saturated heterocycles. The van der Waals surface area contributed by atoms with Crippen LogP contribution in [0.25, 0.3) is 16.8 Å². The Labute approximate surface area is 162 Å². The fourth-order valence-corrected chi connectivity index (χ4v) is 5.88. The molecule has 3 aromatic heterocycles. The second-order valence-electron chi connectivity index (χ2n) is 8.89. The number of hydrogen-bond acceptors (Lipinski definition) is 4. The first-order chi connectivity index (χ1) is 13.5. The lowest BCUT2D eigenvalue weighted by Gasteiger charge is -2.20. The summed E-state index contributed by atoms with van der Waals surface area (Å²) in [6.07, 6.45) is 13.3. The van der Waals surface area contributed by atoms with Crippen LogP contribution in [0.15, 0.2) is 30.7 Å². The zero-order valence-electron chi connectivity index (χ0n) is 16.0. The Bertz CT molecular complexity index is 1120. The van der Waals surface area contributed by atoms with Gasteiger partial charge < -0.3 is 11.1 Å². The van der Waals surface area contributed by atoms with Crippen molar-refractivity contribution in [1.29, 1.82) is 0 Å². The third-order valence-corrected chi connectivity index (χ3v) is 7.60. The molecule has 3 saturated carbocycles. The summed E-state index contributed by atoms with van der Waals surface area (Å²) < 4.78 is 3.66. The zero-order valence-corrected chi connectivity index (χ0v) is 16.0. The monoisotopic (exact) mass is 376 g/mol. The van der Waals surface area contributed by atoms with E-state index >= 15 is 0 Å². The van der Waals surface area contributed by atoms with E-state index in [0.29, 0.717) is 22.4 Å². The molecule has 3 aliphatic rings. The molecule has 3 heterocycles. The van der Waals surface area contributed by atoms with Gasteiger partial charge in [0.2, 0.25) is 0 Å². The van der Waals surface area contributed by atoms with E-state index in [-0.39, 0.29) is 0 Å². The average Bonchev–Trinajstić information content (AvgIpc) is 3.40. The number of anilines is 1. The van der Waals surface area contributed by atoms with Crippen LogP contribution in [0.4, 0.5) is 5.69 Å². The maximum absolute atomic E-state index is 12.1. The van der Waals surface area contributed by atoms with Crippen molar-refractivity contribution in [3.8, 4) is 11.3 Å². The van der Waals surface area contributed by atoms with Crippen LogP contribution in [0.3, 0.4) is 0 Å². The van der Waals surface area contributed by atoms with Crippen molar-refractivity contribution in [2.75, 3.05) is 5.32 Å². The minimum absolute atomic E-state index is 0.428. The number of hydrogen-bond donors (Lipinski definition) is 2. The molecular formula is C21H24N6O. The molecule has 28 heavy (non-hydrogen) atoms. The molecule has 1 amide bonds. The number of nitrogens with two attached hydrogens (primary N) is 1. The van der Waals surface area contributed by atoms with Crippen molar-refractivity contribution in [3.05, 3.63) is 36.3 Å². The summed E-state index contributed by atoms with van der Waals surface area (Å²) >= 11 is 0. The zero-order chi connectivity index (χ0) is 19.1. The molecule has 3 fully saturated rings. The van der Waals surface area contributed by atoms with Crippen molar-refractivity contribution in [3.63, 3.8) is 0 Å². The fourth-order valence-electron chi connectivity index (χ4n) is 5.88. The largest absolute Gasteiger partial charge is 0.379 e. The Morgan fingerprint density at radius 1 is 1.29 bits per heavy atom. The third kappa shape index (κ3) is 2.02. The molecule has 7 nitrogen and oxygen atoms in total. The molecule has 0 bridgehead atoms. The van der Waals surface area contributed by atoms with Crippen LogP contribution in [0, 0.1) is 10.8 Å². The number of nitrogens with zero attached hydrogens (tertiary/aromatic N) is 4. The summed E-state index contributed by atoms with van der Waals surface area (Å²) in [5, 5.41) is 12.4. The molecule has 6 rings (SSSR count). The third-order valence-electron chi connectivity index (χ3n) is 7.60. The number of carbonyl (C=O) groups excluding carboxylic acids is 1. The number of nitrogens with one attached hydrogen (secondary N) is 1. The summed E-state index contributed by atoms with van der Waals surface area (Å²) in [4.78, 5) is 12.1.